The van der Waals surface area contributed by atoms with E-state index in [2.05, 4.69) is 30.2 Å². The molecule has 1 N–H and O–H groups in total. The molecule has 29 heavy (non-hydrogen) atoms. The Bertz CT molecular complexity index is 920. The zero-order valence-corrected chi connectivity index (χ0v) is 16.5. The van der Waals surface area contributed by atoms with Gasteiger partial charge in [0.2, 0.25) is 5.95 Å². The zero-order chi connectivity index (χ0) is 20.1. The minimum absolute atomic E-state index is 0.0436. The number of hydrogen-bond donors (Lipinski definition) is 1. The Morgan fingerprint density at radius 1 is 1.07 bits per heavy atom. The third-order valence-electron chi connectivity index (χ3n) is 4.98. The summed E-state index contributed by atoms with van der Waals surface area (Å²) in [4.78, 5) is 25.8. The van der Waals surface area contributed by atoms with Crippen molar-refractivity contribution in [1.82, 2.24) is 30.0 Å². The monoisotopic (exact) mass is 391 g/mol. The van der Waals surface area contributed by atoms with E-state index in [-0.39, 0.29) is 11.9 Å². The molecule has 4 rings (SSSR count). The third kappa shape index (κ3) is 4.78. The van der Waals surface area contributed by atoms with Crippen LogP contribution in [-0.4, -0.2) is 69.3 Å². The van der Waals surface area contributed by atoms with Crippen molar-refractivity contribution in [3.8, 4) is 5.69 Å². The minimum Gasteiger partial charge on any atom is -0.348 e. The second-order valence-corrected chi connectivity index (χ2v) is 7.22. The molecular weight excluding hydrogens is 366 g/mol. The summed E-state index contributed by atoms with van der Waals surface area (Å²) < 4.78 is 1.71. The highest BCUT2D eigenvalue weighted by Crippen LogP contribution is 2.11. The molecular formula is C21H25N7O. The van der Waals surface area contributed by atoms with E-state index in [1.807, 2.05) is 43.3 Å². The molecule has 3 heterocycles. The molecule has 0 saturated carbocycles. The van der Waals surface area contributed by atoms with Crippen LogP contribution >= 0.6 is 0 Å². The Hall–Kier alpha value is -3.26. The van der Waals surface area contributed by atoms with Gasteiger partial charge < -0.3 is 10.2 Å². The number of nitrogens with zero attached hydrogens (tertiary/aromatic N) is 6. The first-order valence-corrected chi connectivity index (χ1v) is 9.84. The van der Waals surface area contributed by atoms with Crippen LogP contribution in [0.3, 0.4) is 0 Å². The number of para-hydroxylation sites is 1. The number of carbonyl (C=O) groups is 1. The third-order valence-corrected chi connectivity index (χ3v) is 4.98. The fraction of sp³-hybridized carbons (Fsp3) is 0.333. The van der Waals surface area contributed by atoms with Crippen molar-refractivity contribution in [3.05, 3.63) is 66.7 Å². The Balaban J connectivity index is 1.26. The highest BCUT2D eigenvalue weighted by molar-refractivity contribution is 5.93. The maximum atomic E-state index is 12.6. The highest BCUT2D eigenvalue weighted by Gasteiger charge is 2.21. The molecule has 1 saturated heterocycles. The molecule has 1 aliphatic rings. The number of benzene rings is 1. The summed E-state index contributed by atoms with van der Waals surface area (Å²) in [5, 5.41) is 7.37. The lowest BCUT2D eigenvalue weighted by Gasteiger charge is -2.35. The molecule has 1 aromatic carbocycles. The number of piperazine rings is 1. The summed E-state index contributed by atoms with van der Waals surface area (Å²) in [6.07, 6.45) is 6.90. The first kappa shape index (κ1) is 19.1. The summed E-state index contributed by atoms with van der Waals surface area (Å²) in [7, 11) is 0. The average molecular weight is 391 g/mol. The van der Waals surface area contributed by atoms with Crippen LogP contribution in [-0.2, 0) is 0 Å². The predicted octanol–water partition coefficient (Wildman–Crippen LogP) is 1.60. The van der Waals surface area contributed by atoms with Crippen molar-refractivity contribution in [2.45, 2.75) is 13.0 Å². The fourth-order valence-electron chi connectivity index (χ4n) is 3.49. The number of hydrogen-bond acceptors (Lipinski definition) is 6. The van der Waals surface area contributed by atoms with Gasteiger partial charge in [0.1, 0.15) is 0 Å². The van der Waals surface area contributed by atoms with Crippen molar-refractivity contribution in [2.75, 3.05) is 37.6 Å². The molecule has 1 amide bonds. The molecule has 0 aliphatic carbocycles. The molecule has 1 atom stereocenters. The van der Waals surface area contributed by atoms with Crippen molar-refractivity contribution in [3.63, 3.8) is 0 Å². The lowest BCUT2D eigenvalue weighted by Crippen LogP contribution is -2.51. The van der Waals surface area contributed by atoms with Crippen molar-refractivity contribution >= 4 is 11.9 Å². The first-order valence-electron chi connectivity index (χ1n) is 9.84. The number of carbonyl (C=O) groups excluding carboxylic acids is 1. The summed E-state index contributed by atoms with van der Waals surface area (Å²) in [6.45, 7) is 6.45. The van der Waals surface area contributed by atoms with Crippen LogP contribution in [0, 0.1) is 0 Å². The van der Waals surface area contributed by atoms with Crippen LogP contribution in [0.5, 0.6) is 0 Å². The topological polar surface area (TPSA) is 79.2 Å². The van der Waals surface area contributed by atoms with Gasteiger partial charge in [-0.05, 0) is 25.1 Å². The number of anilines is 1. The van der Waals surface area contributed by atoms with Gasteiger partial charge in [0.15, 0.2) is 0 Å². The maximum Gasteiger partial charge on any atom is 0.254 e. The molecule has 150 valence electrons. The van der Waals surface area contributed by atoms with Gasteiger partial charge in [-0.15, -0.1) is 0 Å². The van der Waals surface area contributed by atoms with E-state index in [0.29, 0.717) is 5.56 Å². The maximum absolute atomic E-state index is 12.6. The van der Waals surface area contributed by atoms with Crippen molar-refractivity contribution in [2.24, 2.45) is 0 Å². The van der Waals surface area contributed by atoms with Gasteiger partial charge in [0.25, 0.3) is 5.91 Å². The number of aromatic nitrogens is 4. The second kappa shape index (κ2) is 8.83. The number of amides is 1. The Morgan fingerprint density at radius 3 is 2.52 bits per heavy atom. The molecule has 2 aromatic heterocycles. The van der Waals surface area contributed by atoms with E-state index < -0.39 is 0 Å². The normalized spacial score (nSPS) is 15.8. The zero-order valence-electron chi connectivity index (χ0n) is 16.5. The Kier molecular flexibility index (Phi) is 5.81. The predicted molar refractivity (Wildman–Crippen MR) is 111 cm³/mol. The van der Waals surface area contributed by atoms with Gasteiger partial charge >= 0.3 is 0 Å². The Morgan fingerprint density at radius 2 is 1.79 bits per heavy atom. The molecule has 8 nitrogen and oxygen atoms in total. The Labute approximate surface area is 170 Å². The number of nitrogens with one attached hydrogen (secondary N) is 1. The lowest BCUT2D eigenvalue weighted by molar-refractivity contribution is 0.0928. The van der Waals surface area contributed by atoms with E-state index in [4.69, 9.17) is 0 Å². The molecule has 1 unspecified atom stereocenters. The van der Waals surface area contributed by atoms with Crippen LogP contribution in [0.15, 0.2) is 61.2 Å². The van der Waals surface area contributed by atoms with Gasteiger partial charge in [-0.1, -0.05) is 18.2 Å². The van der Waals surface area contributed by atoms with Crippen LogP contribution in [0.25, 0.3) is 5.69 Å². The SMILES string of the molecule is CC(CN1CCN(c2ncccn2)CC1)NC(=O)c1cnn(-c2ccccc2)c1. The summed E-state index contributed by atoms with van der Waals surface area (Å²) in [5.74, 6) is 0.680. The quantitative estimate of drug-likeness (QED) is 0.688. The van der Waals surface area contributed by atoms with Crippen LogP contribution < -0.4 is 10.2 Å². The smallest absolute Gasteiger partial charge is 0.254 e. The van der Waals surface area contributed by atoms with Crippen molar-refractivity contribution in [1.29, 1.82) is 0 Å². The molecule has 8 heteroatoms. The van der Waals surface area contributed by atoms with Crippen LogP contribution in [0.4, 0.5) is 5.95 Å². The largest absolute Gasteiger partial charge is 0.348 e. The summed E-state index contributed by atoms with van der Waals surface area (Å²) in [6, 6.07) is 11.6. The summed E-state index contributed by atoms with van der Waals surface area (Å²) in [5.41, 5.74) is 1.49. The van der Waals surface area contributed by atoms with E-state index in [0.717, 1.165) is 44.4 Å². The highest BCUT2D eigenvalue weighted by atomic mass is 16.1. The van der Waals surface area contributed by atoms with Gasteiger partial charge in [-0.3, -0.25) is 9.69 Å². The molecule has 1 aliphatic heterocycles. The molecule has 3 aromatic rings. The molecule has 1 fully saturated rings. The van der Waals surface area contributed by atoms with Gasteiger partial charge in [0.05, 0.1) is 17.4 Å². The van der Waals surface area contributed by atoms with Gasteiger partial charge in [0, 0.05) is 57.4 Å². The van der Waals surface area contributed by atoms with E-state index in [1.165, 1.54) is 0 Å². The van der Waals surface area contributed by atoms with E-state index in [1.54, 1.807) is 29.5 Å². The number of rotatable bonds is 6. The molecule has 0 bridgehead atoms. The standard InChI is InChI=1S/C21H25N7O/c1-17(15-26-10-12-27(13-11-26)21-22-8-5-9-23-21)25-20(29)18-14-24-28(16-18)19-6-3-2-4-7-19/h2-9,14,16-17H,10-13,15H2,1H3,(H,25,29). The average Bonchev–Trinajstić information content (AvgIpc) is 3.26. The van der Waals surface area contributed by atoms with Gasteiger partial charge in [-0.2, -0.15) is 5.10 Å². The molecule has 0 spiro atoms. The van der Waals surface area contributed by atoms with E-state index >= 15 is 0 Å². The van der Waals surface area contributed by atoms with Gasteiger partial charge in [-0.25, -0.2) is 14.6 Å². The van der Waals surface area contributed by atoms with Crippen LogP contribution in [0.1, 0.15) is 17.3 Å². The van der Waals surface area contributed by atoms with Crippen LogP contribution in [0.2, 0.25) is 0 Å². The van der Waals surface area contributed by atoms with E-state index in [9.17, 15) is 4.79 Å². The van der Waals surface area contributed by atoms with Crippen molar-refractivity contribution < 1.29 is 4.79 Å². The lowest BCUT2D eigenvalue weighted by atomic mass is 10.2. The first-order chi connectivity index (χ1) is 14.2. The fourth-order valence-corrected chi connectivity index (χ4v) is 3.49. The second-order valence-electron chi connectivity index (χ2n) is 7.22. The minimum atomic E-state index is -0.101. The summed E-state index contributed by atoms with van der Waals surface area (Å²) >= 11 is 0. The molecule has 0 radical (unpaired) electrons.